The highest BCUT2D eigenvalue weighted by Gasteiger charge is 2.06. The van der Waals surface area contributed by atoms with Gasteiger partial charge in [0.25, 0.3) is 5.91 Å². The zero-order valence-corrected chi connectivity index (χ0v) is 12.6. The first-order valence-corrected chi connectivity index (χ1v) is 7.37. The van der Waals surface area contributed by atoms with Crippen molar-refractivity contribution in [1.82, 2.24) is 5.32 Å². The van der Waals surface area contributed by atoms with Crippen molar-refractivity contribution in [3.63, 3.8) is 0 Å². The van der Waals surface area contributed by atoms with Crippen LogP contribution < -0.4 is 11.1 Å². The van der Waals surface area contributed by atoms with Crippen LogP contribution in [0.15, 0.2) is 77.8 Å². The van der Waals surface area contributed by atoms with Crippen LogP contribution in [0.25, 0.3) is 10.8 Å². The standard InChI is InChI=1S/C19H17N3O/c20-19(22-18(23)15-8-2-1-3-9-15)21-13-16-11-6-10-14-7-4-5-12-17(14)16/h1-12H,13H2,(H3,20,21,22,23). The van der Waals surface area contributed by atoms with Gasteiger partial charge in [0.2, 0.25) is 0 Å². The van der Waals surface area contributed by atoms with E-state index in [0.717, 1.165) is 16.3 Å². The third-order valence-electron chi connectivity index (χ3n) is 3.58. The van der Waals surface area contributed by atoms with Crippen molar-refractivity contribution in [3.8, 4) is 0 Å². The predicted octanol–water partition coefficient (Wildman–Crippen LogP) is 3.08. The summed E-state index contributed by atoms with van der Waals surface area (Å²) in [7, 11) is 0. The van der Waals surface area contributed by atoms with Crippen molar-refractivity contribution in [2.24, 2.45) is 10.7 Å². The molecule has 3 N–H and O–H groups in total. The Kier molecular flexibility index (Phi) is 4.34. The van der Waals surface area contributed by atoms with Crippen molar-refractivity contribution < 1.29 is 4.79 Å². The summed E-state index contributed by atoms with van der Waals surface area (Å²) in [6.45, 7) is 0.419. The maximum atomic E-state index is 12.0. The van der Waals surface area contributed by atoms with Gasteiger partial charge in [0.1, 0.15) is 0 Å². The van der Waals surface area contributed by atoms with Gasteiger partial charge >= 0.3 is 0 Å². The summed E-state index contributed by atoms with van der Waals surface area (Å²) in [5.74, 6) is -0.142. The molecular weight excluding hydrogens is 286 g/mol. The largest absolute Gasteiger partial charge is 0.370 e. The molecule has 23 heavy (non-hydrogen) atoms. The summed E-state index contributed by atoms with van der Waals surface area (Å²) < 4.78 is 0. The van der Waals surface area contributed by atoms with Crippen LogP contribution in [0, 0.1) is 0 Å². The summed E-state index contributed by atoms with van der Waals surface area (Å²) >= 11 is 0. The van der Waals surface area contributed by atoms with Gasteiger partial charge < -0.3 is 5.73 Å². The number of aliphatic imine (C=N–C) groups is 1. The fraction of sp³-hybridized carbons (Fsp3) is 0.0526. The number of nitrogens with one attached hydrogen (secondary N) is 1. The highest BCUT2D eigenvalue weighted by Crippen LogP contribution is 2.18. The number of hydrogen-bond donors (Lipinski definition) is 2. The summed E-state index contributed by atoms with van der Waals surface area (Å²) in [6, 6.07) is 23.1. The lowest BCUT2D eigenvalue weighted by Gasteiger charge is -2.06. The van der Waals surface area contributed by atoms with Crippen molar-refractivity contribution in [2.45, 2.75) is 6.54 Å². The quantitative estimate of drug-likeness (QED) is 0.577. The molecule has 0 unspecified atom stereocenters. The summed E-state index contributed by atoms with van der Waals surface area (Å²) in [5, 5.41) is 4.90. The Bertz CT molecular complexity index is 851. The average Bonchev–Trinajstić information content (AvgIpc) is 2.60. The maximum absolute atomic E-state index is 12.0. The number of rotatable bonds is 3. The number of fused-ring (bicyclic) bond motifs is 1. The summed E-state index contributed by atoms with van der Waals surface area (Å²) in [6.07, 6.45) is 0. The first kappa shape index (κ1) is 14.8. The van der Waals surface area contributed by atoms with Crippen LogP contribution in [0.3, 0.4) is 0 Å². The second kappa shape index (κ2) is 6.75. The maximum Gasteiger partial charge on any atom is 0.257 e. The summed E-state index contributed by atoms with van der Waals surface area (Å²) in [5.41, 5.74) is 7.44. The van der Waals surface area contributed by atoms with Crippen molar-refractivity contribution in [2.75, 3.05) is 0 Å². The number of nitrogens with zero attached hydrogens (tertiary/aromatic N) is 1. The van der Waals surface area contributed by atoms with E-state index in [2.05, 4.69) is 28.5 Å². The minimum Gasteiger partial charge on any atom is -0.370 e. The zero-order valence-electron chi connectivity index (χ0n) is 12.6. The van der Waals surface area contributed by atoms with Crippen LogP contribution in [0.2, 0.25) is 0 Å². The van der Waals surface area contributed by atoms with Crippen LogP contribution in [0.1, 0.15) is 15.9 Å². The molecule has 0 atom stereocenters. The van der Waals surface area contributed by atoms with Gasteiger partial charge in [-0.15, -0.1) is 0 Å². The number of amides is 1. The molecule has 3 rings (SSSR count). The zero-order chi connectivity index (χ0) is 16.1. The van der Waals surface area contributed by atoms with Crippen LogP contribution >= 0.6 is 0 Å². The lowest BCUT2D eigenvalue weighted by atomic mass is 10.1. The molecule has 0 radical (unpaired) electrons. The fourth-order valence-electron chi connectivity index (χ4n) is 2.42. The van der Waals surface area contributed by atoms with Crippen molar-refractivity contribution in [3.05, 3.63) is 83.9 Å². The second-order valence-electron chi connectivity index (χ2n) is 5.16. The second-order valence-corrected chi connectivity index (χ2v) is 5.16. The number of carbonyl (C=O) groups is 1. The Morgan fingerprint density at radius 1 is 0.913 bits per heavy atom. The molecule has 0 saturated carbocycles. The van der Waals surface area contributed by atoms with E-state index in [-0.39, 0.29) is 11.9 Å². The van der Waals surface area contributed by atoms with Gasteiger partial charge in [-0.1, -0.05) is 60.7 Å². The molecule has 114 valence electrons. The normalized spacial score (nSPS) is 11.4. The molecule has 0 aliphatic heterocycles. The van der Waals surface area contributed by atoms with E-state index < -0.39 is 0 Å². The molecule has 0 aromatic heterocycles. The number of hydrogen-bond acceptors (Lipinski definition) is 2. The van der Waals surface area contributed by atoms with E-state index in [9.17, 15) is 4.79 Å². The molecule has 0 fully saturated rings. The van der Waals surface area contributed by atoms with E-state index in [1.807, 2.05) is 30.3 Å². The first-order chi connectivity index (χ1) is 11.2. The topological polar surface area (TPSA) is 67.5 Å². The highest BCUT2D eigenvalue weighted by molar-refractivity contribution is 6.05. The lowest BCUT2D eigenvalue weighted by molar-refractivity contribution is 0.0976. The van der Waals surface area contributed by atoms with Gasteiger partial charge in [-0.05, 0) is 28.5 Å². The molecule has 0 saturated heterocycles. The number of guanidine groups is 1. The Balaban J connectivity index is 1.73. The van der Waals surface area contributed by atoms with Crippen LogP contribution in [-0.2, 0) is 6.54 Å². The molecule has 3 aromatic rings. The summed E-state index contributed by atoms with van der Waals surface area (Å²) in [4.78, 5) is 16.3. The molecule has 4 nitrogen and oxygen atoms in total. The van der Waals surface area contributed by atoms with Crippen molar-refractivity contribution >= 4 is 22.6 Å². The molecule has 3 aromatic carbocycles. The van der Waals surface area contributed by atoms with Gasteiger partial charge in [-0.3, -0.25) is 10.1 Å². The monoisotopic (exact) mass is 303 g/mol. The molecule has 0 bridgehead atoms. The first-order valence-electron chi connectivity index (χ1n) is 7.37. The Labute approximate surface area is 134 Å². The minimum atomic E-state index is -0.259. The van der Waals surface area contributed by atoms with E-state index in [0.29, 0.717) is 12.1 Å². The minimum absolute atomic E-state index is 0.117. The Morgan fingerprint density at radius 2 is 1.61 bits per heavy atom. The fourth-order valence-corrected chi connectivity index (χ4v) is 2.42. The number of benzene rings is 3. The van der Waals surface area contributed by atoms with E-state index in [4.69, 9.17) is 5.73 Å². The number of nitrogens with two attached hydrogens (primary N) is 1. The van der Waals surface area contributed by atoms with E-state index in [1.165, 1.54) is 0 Å². The highest BCUT2D eigenvalue weighted by atomic mass is 16.1. The predicted molar refractivity (Wildman–Crippen MR) is 93.2 cm³/mol. The molecule has 1 amide bonds. The molecule has 4 heteroatoms. The lowest BCUT2D eigenvalue weighted by Crippen LogP contribution is -2.36. The third-order valence-corrected chi connectivity index (χ3v) is 3.58. The van der Waals surface area contributed by atoms with Gasteiger partial charge in [0, 0.05) is 5.56 Å². The third kappa shape index (κ3) is 3.55. The van der Waals surface area contributed by atoms with Gasteiger partial charge in [-0.25, -0.2) is 4.99 Å². The molecule has 0 aliphatic rings. The molecule has 0 spiro atoms. The Morgan fingerprint density at radius 3 is 2.43 bits per heavy atom. The number of carbonyl (C=O) groups excluding carboxylic acids is 1. The van der Waals surface area contributed by atoms with Crippen LogP contribution in [-0.4, -0.2) is 11.9 Å². The van der Waals surface area contributed by atoms with Crippen LogP contribution in [0.4, 0.5) is 0 Å². The molecule has 0 heterocycles. The van der Waals surface area contributed by atoms with Crippen LogP contribution in [0.5, 0.6) is 0 Å². The van der Waals surface area contributed by atoms with E-state index >= 15 is 0 Å². The van der Waals surface area contributed by atoms with E-state index in [1.54, 1.807) is 24.3 Å². The molecule has 0 aliphatic carbocycles. The Hall–Kier alpha value is -3.14. The van der Waals surface area contributed by atoms with Gasteiger partial charge in [0.15, 0.2) is 5.96 Å². The van der Waals surface area contributed by atoms with Gasteiger partial charge in [0.05, 0.1) is 6.54 Å². The average molecular weight is 303 g/mol. The van der Waals surface area contributed by atoms with Crippen molar-refractivity contribution in [1.29, 1.82) is 0 Å². The molecular formula is C19H17N3O. The smallest absolute Gasteiger partial charge is 0.257 e. The SMILES string of the molecule is NC(=NCc1cccc2ccccc12)NC(=O)c1ccccc1. The van der Waals surface area contributed by atoms with Gasteiger partial charge in [-0.2, -0.15) is 0 Å².